The van der Waals surface area contributed by atoms with Crippen LogP contribution in [0.4, 0.5) is 4.79 Å². The van der Waals surface area contributed by atoms with Crippen molar-refractivity contribution in [3.05, 3.63) is 0 Å². The largest absolute Gasteiger partial charge is 2.00 e. The topological polar surface area (TPSA) is 63.6 Å². The van der Waals surface area contributed by atoms with E-state index in [9.17, 15) is 9.59 Å². The normalized spacial score (nSPS) is 5.89. The first-order chi connectivity index (χ1) is 3.13. The molecule has 0 bridgehead atoms. The Morgan fingerprint density at radius 1 is 1.56 bits per heavy atom. The maximum absolute atomic E-state index is 9.65. The van der Waals surface area contributed by atoms with Crippen LogP contribution in [0.25, 0.3) is 0 Å². The van der Waals surface area contributed by atoms with E-state index in [0.29, 0.717) is 0 Å². The first kappa shape index (κ1) is 17.0. The number of hydrogen-bond acceptors (Lipinski definition) is 3. The smallest absolute Gasteiger partial charge is 1.00 e. The minimum Gasteiger partial charge on any atom is -1.00 e. The number of carbonyl (C=O) groups excluding carboxylic acids is 1. The van der Waals surface area contributed by atoms with Crippen LogP contribution in [0.3, 0.4) is 0 Å². The number of hydrogen-bond donors (Lipinski definition) is 1. The van der Waals surface area contributed by atoms with Crippen LogP contribution in [0.2, 0.25) is 0 Å². The second-order valence-electron chi connectivity index (χ2n) is 0.860. The van der Waals surface area contributed by atoms with Gasteiger partial charge in [0.15, 0.2) is 0 Å². The molecule has 0 radical (unpaired) electrons. The van der Waals surface area contributed by atoms with Gasteiger partial charge < -0.3 is 15.5 Å². The molecule has 0 heterocycles. The number of carbonyl (C=O) groups is 2. The monoisotopic (exact) mass is 236 g/mol. The van der Waals surface area contributed by atoms with Crippen molar-refractivity contribution in [2.75, 3.05) is 0 Å². The van der Waals surface area contributed by atoms with E-state index in [2.05, 4.69) is 4.74 Å². The zero-order valence-corrected chi connectivity index (χ0v) is 10.8. The molecule has 0 amide bonds. The fourth-order valence-electron chi connectivity index (χ4n) is 0.123. The van der Waals surface area contributed by atoms with Crippen LogP contribution in [-0.4, -0.2) is 100 Å². The Balaban J connectivity index is -0.0000000120. The van der Waals surface area contributed by atoms with Crippen LogP contribution >= 0.6 is 0 Å². The molecule has 0 aliphatic carbocycles. The third-order valence-electron chi connectivity index (χ3n) is 0.231. The molecule has 0 aliphatic heterocycles. The van der Waals surface area contributed by atoms with Gasteiger partial charge >= 0.3 is 95.3 Å². The van der Waals surface area contributed by atoms with Gasteiger partial charge in [0, 0.05) is 6.92 Å². The summed E-state index contributed by atoms with van der Waals surface area (Å²) in [6.07, 6.45) is -1.56. The van der Waals surface area contributed by atoms with Crippen LogP contribution in [0.15, 0.2) is 0 Å². The number of rotatable bonds is 0. The van der Waals surface area contributed by atoms with Crippen molar-refractivity contribution in [1.82, 2.24) is 0 Å². The van der Waals surface area contributed by atoms with Crippen LogP contribution in [0.5, 0.6) is 0 Å². The van der Waals surface area contributed by atoms with E-state index in [4.69, 9.17) is 5.11 Å². The number of carboxylic acid groups (broad SMARTS) is 1. The second kappa shape index (κ2) is 9.68. The van der Waals surface area contributed by atoms with Crippen molar-refractivity contribution in [2.45, 2.75) is 6.92 Å². The molecule has 6 heteroatoms. The van der Waals surface area contributed by atoms with Gasteiger partial charge in [0.05, 0.1) is 0 Å². The van der Waals surface area contributed by atoms with Gasteiger partial charge in [-0.05, 0) is 0 Å². The number of esters is 1. The molecule has 0 fully saturated rings. The van der Waals surface area contributed by atoms with E-state index in [1.807, 2.05) is 0 Å². The van der Waals surface area contributed by atoms with E-state index >= 15 is 0 Å². The fourth-order valence-corrected chi connectivity index (χ4v) is 0.123. The van der Waals surface area contributed by atoms with Crippen molar-refractivity contribution in [1.29, 1.82) is 0 Å². The van der Waals surface area contributed by atoms with Crippen LogP contribution < -0.4 is 0 Å². The molecule has 4 nitrogen and oxygen atoms in total. The Morgan fingerprint density at radius 2 is 1.89 bits per heavy atom. The molecular formula is C3H8CaO4Sr. The Labute approximate surface area is 125 Å². The zero-order valence-electron chi connectivity index (χ0n) is 9.09. The molecule has 0 atom stereocenters. The Kier molecular flexibility index (Phi) is 18.2. The zero-order chi connectivity index (χ0) is 5.86. The Bertz CT molecular complexity index is 104. The molecule has 0 spiro atoms. The Morgan fingerprint density at radius 3 is 1.89 bits per heavy atom. The van der Waals surface area contributed by atoms with E-state index in [0.717, 1.165) is 6.92 Å². The first-order valence-electron chi connectivity index (χ1n) is 1.54. The van der Waals surface area contributed by atoms with Crippen LogP contribution in [0, 0.1) is 0 Å². The average molecular weight is 236 g/mol. The van der Waals surface area contributed by atoms with Gasteiger partial charge in [-0.1, -0.05) is 0 Å². The maximum atomic E-state index is 9.65. The van der Waals surface area contributed by atoms with Crippen molar-refractivity contribution in [2.24, 2.45) is 0 Å². The van der Waals surface area contributed by atoms with Gasteiger partial charge in [0.1, 0.15) is 0 Å². The summed E-state index contributed by atoms with van der Waals surface area (Å²) in [7, 11) is 0. The van der Waals surface area contributed by atoms with Gasteiger partial charge in [-0.2, -0.15) is 0 Å². The summed E-state index contributed by atoms with van der Waals surface area (Å²) in [5.41, 5.74) is 0. The van der Waals surface area contributed by atoms with E-state index in [1.165, 1.54) is 0 Å². The van der Waals surface area contributed by atoms with Gasteiger partial charge in [-0.25, -0.2) is 4.79 Å². The molecule has 0 aromatic carbocycles. The predicted molar refractivity (Wildman–Crippen MR) is 35.7 cm³/mol. The van der Waals surface area contributed by atoms with E-state index < -0.39 is 12.1 Å². The fraction of sp³-hybridized carbons (Fsp3) is 0.333. The van der Waals surface area contributed by atoms with Gasteiger partial charge in [-0.3, -0.25) is 4.79 Å². The summed E-state index contributed by atoms with van der Waals surface area (Å²) in [5, 5.41) is 7.64. The average Bonchev–Trinajstić information content (AvgIpc) is 1.27. The molecule has 0 aliphatic rings. The Hall–Kier alpha value is 1.68. The molecule has 0 aromatic rings. The summed E-state index contributed by atoms with van der Waals surface area (Å²) in [6, 6.07) is 0. The summed E-state index contributed by atoms with van der Waals surface area (Å²) >= 11 is 0. The molecule has 9 heavy (non-hydrogen) atoms. The summed E-state index contributed by atoms with van der Waals surface area (Å²) < 4.78 is 3.53. The first-order valence-corrected chi connectivity index (χ1v) is 1.54. The van der Waals surface area contributed by atoms with E-state index in [1.54, 1.807) is 0 Å². The minimum absolute atomic E-state index is 0. The third kappa shape index (κ3) is 17.7. The van der Waals surface area contributed by atoms with Crippen molar-refractivity contribution >= 4 is 95.3 Å². The maximum Gasteiger partial charge on any atom is 2.00 e. The predicted octanol–water partition coefficient (Wildman–Crippen LogP) is -0.0841. The molecule has 0 saturated carbocycles. The third-order valence-corrected chi connectivity index (χ3v) is 0.231. The SMILES string of the molecule is CC(=O)OC(=O)O.[Ca+2].[H-].[H-].[H-].[H-].[Sr+2]. The van der Waals surface area contributed by atoms with Crippen LogP contribution in [0.1, 0.15) is 12.6 Å². The summed E-state index contributed by atoms with van der Waals surface area (Å²) in [6.45, 7) is 1.02. The molecule has 0 aromatic heterocycles. The summed E-state index contributed by atoms with van der Waals surface area (Å²) in [5.74, 6) is -0.812. The number of ether oxygens (including phenoxy) is 1. The van der Waals surface area contributed by atoms with Gasteiger partial charge in [-0.15, -0.1) is 0 Å². The summed E-state index contributed by atoms with van der Waals surface area (Å²) in [4.78, 5) is 19.0. The van der Waals surface area contributed by atoms with Crippen LogP contribution in [-0.2, 0) is 9.53 Å². The molecule has 0 unspecified atom stereocenters. The quantitative estimate of drug-likeness (QED) is 0.362. The van der Waals surface area contributed by atoms with Crippen molar-refractivity contribution in [3.8, 4) is 0 Å². The van der Waals surface area contributed by atoms with Crippen molar-refractivity contribution < 1.29 is 25.1 Å². The minimum atomic E-state index is -1.56. The molecule has 0 saturated heterocycles. The van der Waals surface area contributed by atoms with Gasteiger partial charge in [0.25, 0.3) is 0 Å². The molecular weight excluding hydrogens is 228 g/mol. The molecule has 0 rings (SSSR count). The molecule has 1 N–H and O–H groups in total. The van der Waals surface area contributed by atoms with Crippen molar-refractivity contribution in [3.63, 3.8) is 0 Å². The van der Waals surface area contributed by atoms with Gasteiger partial charge in [0.2, 0.25) is 0 Å². The molecule has 48 valence electrons. The van der Waals surface area contributed by atoms with E-state index in [-0.39, 0.29) is 88.9 Å². The second-order valence-corrected chi connectivity index (χ2v) is 0.860. The standard InChI is InChI=1S/C3H4O4.Ca.Sr.4H/c1-2(4)7-3(5)6;;;;;;/h1H3,(H,5,6);;;;;;/q;2*+2;4*-1.